The lowest BCUT2D eigenvalue weighted by Crippen LogP contribution is -2.15. The Hall–Kier alpha value is -1.21. The molecule has 0 aliphatic heterocycles. The highest BCUT2D eigenvalue weighted by Gasteiger charge is 2.17. The van der Waals surface area contributed by atoms with E-state index in [1.54, 1.807) is 6.92 Å². The lowest BCUT2D eigenvalue weighted by Gasteiger charge is -2.09. The van der Waals surface area contributed by atoms with E-state index in [1.165, 1.54) is 24.3 Å². The van der Waals surface area contributed by atoms with Gasteiger partial charge in [0.15, 0.2) is 9.84 Å². The lowest BCUT2D eigenvalue weighted by molar-refractivity contribution is -0.136. The van der Waals surface area contributed by atoms with Gasteiger partial charge in [0.2, 0.25) is 0 Å². The molecule has 7 heteroatoms. The van der Waals surface area contributed by atoms with Gasteiger partial charge in [-0.05, 0) is 31.2 Å². The molecule has 0 spiro atoms. The third kappa shape index (κ3) is 3.92. The van der Waals surface area contributed by atoms with Crippen LogP contribution in [0.25, 0.3) is 0 Å². The minimum atomic E-state index is -3.28. The Labute approximate surface area is 108 Å². The summed E-state index contributed by atoms with van der Waals surface area (Å²) in [4.78, 5) is 11.1. The van der Waals surface area contributed by atoms with Crippen LogP contribution in [0.2, 0.25) is 0 Å². The third-order valence-corrected chi connectivity index (χ3v) is 5.07. The standard InChI is InChI=1S/C11H14O5S2/c1-8(7-11(12)13)17(14)9-3-5-10(6-4-9)18(2,15)16/h3-6,8H,7H2,1-2H3,(H,12,13). The molecule has 100 valence electrons. The summed E-state index contributed by atoms with van der Waals surface area (Å²) in [5.74, 6) is -1.01. The Morgan fingerprint density at radius 2 is 1.83 bits per heavy atom. The van der Waals surface area contributed by atoms with E-state index >= 15 is 0 Å². The van der Waals surface area contributed by atoms with Gasteiger partial charge in [-0.15, -0.1) is 0 Å². The van der Waals surface area contributed by atoms with E-state index < -0.39 is 31.9 Å². The van der Waals surface area contributed by atoms with Crippen LogP contribution in [-0.2, 0) is 25.4 Å². The molecule has 0 aliphatic carbocycles. The summed E-state index contributed by atoms with van der Waals surface area (Å²) in [6.07, 6.45) is 0.895. The van der Waals surface area contributed by atoms with Gasteiger partial charge >= 0.3 is 5.97 Å². The van der Waals surface area contributed by atoms with Crippen LogP contribution >= 0.6 is 0 Å². The van der Waals surface area contributed by atoms with E-state index in [9.17, 15) is 17.4 Å². The number of rotatable bonds is 5. The summed E-state index contributed by atoms with van der Waals surface area (Å²) in [6.45, 7) is 1.58. The van der Waals surface area contributed by atoms with Gasteiger partial charge in [0.1, 0.15) is 0 Å². The lowest BCUT2D eigenvalue weighted by atomic mass is 10.3. The van der Waals surface area contributed by atoms with Crippen molar-refractivity contribution in [2.45, 2.75) is 28.4 Å². The zero-order chi connectivity index (χ0) is 13.9. The predicted octanol–water partition coefficient (Wildman–Crippen LogP) is 1.06. The van der Waals surface area contributed by atoms with Gasteiger partial charge in [-0.1, -0.05) is 0 Å². The van der Waals surface area contributed by atoms with Crippen molar-refractivity contribution in [3.8, 4) is 0 Å². The fraction of sp³-hybridized carbons (Fsp3) is 0.364. The number of carboxylic acids is 1. The highest BCUT2D eigenvalue weighted by molar-refractivity contribution is 7.90. The molecule has 0 saturated carbocycles. The van der Waals surface area contributed by atoms with Crippen molar-refractivity contribution in [1.82, 2.24) is 0 Å². The monoisotopic (exact) mass is 290 g/mol. The van der Waals surface area contributed by atoms with Gasteiger partial charge in [0.05, 0.1) is 22.1 Å². The maximum Gasteiger partial charge on any atom is 0.304 e. The van der Waals surface area contributed by atoms with E-state index in [0.29, 0.717) is 4.90 Å². The maximum atomic E-state index is 11.9. The van der Waals surface area contributed by atoms with Crippen molar-refractivity contribution in [2.24, 2.45) is 0 Å². The SMILES string of the molecule is CC(CC(=O)O)S(=O)c1ccc(S(C)(=O)=O)cc1. The Morgan fingerprint density at radius 1 is 1.33 bits per heavy atom. The molecular formula is C11H14O5S2. The number of benzene rings is 1. The van der Waals surface area contributed by atoms with E-state index in [4.69, 9.17) is 5.11 Å². The molecule has 2 unspecified atom stereocenters. The summed E-state index contributed by atoms with van der Waals surface area (Å²) < 4.78 is 34.4. The Morgan fingerprint density at radius 3 is 2.22 bits per heavy atom. The van der Waals surface area contributed by atoms with Gasteiger partial charge in [0, 0.05) is 16.4 Å². The average Bonchev–Trinajstić information content (AvgIpc) is 2.26. The first kappa shape index (κ1) is 14.8. The molecule has 0 aliphatic rings. The Balaban J connectivity index is 2.92. The zero-order valence-corrected chi connectivity index (χ0v) is 11.6. The van der Waals surface area contributed by atoms with Crippen LogP contribution in [0.15, 0.2) is 34.1 Å². The second-order valence-electron chi connectivity index (χ2n) is 3.95. The van der Waals surface area contributed by atoms with E-state index in [2.05, 4.69) is 0 Å². The van der Waals surface area contributed by atoms with Gasteiger partial charge in [0.25, 0.3) is 0 Å². The molecule has 1 aromatic rings. The van der Waals surface area contributed by atoms with E-state index in [-0.39, 0.29) is 11.3 Å². The number of carboxylic acid groups (broad SMARTS) is 1. The molecule has 0 fully saturated rings. The molecule has 0 amide bonds. The third-order valence-electron chi connectivity index (χ3n) is 2.31. The second-order valence-corrected chi connectivity index (χ2v) is 7.84. The van der Waals surface area contributed by atoms with Crippen LogP contribution in [-0.4, -0.2) is 35.2 Å². The highest BCUT2D eigenvalue weighted by Crippen LogP contribution is 2.17. The molecule has 2 atom stereocenters. The van der Waals surface area contributed by atoms with Crippen LogP contribution in [0.1, 0.15) is 13.3 Å². The van der Waals surface area contributed by atoms with Gasteiger partial charge in [-0.25, -0.2) is 8.42 Å². The Bertz CT molecular complexity index is 560. The molecule has 1 N–H and O–H groups in total. The fourth-order valence-electron chi connectivity index (χ4n) is 1.37. The molecule has 0 saturated heterocycles. The molecule has 5 nitrogen and oxygen atoms in total. The molecule has 0 heterocycles. The quantitative estimate of drug-likeness (QED) is 0.876. The summed E-state index contributed by atoms with van der Waals surface area (Å²) in [6, 6.07) is 5.64. The summed E-state index contributed by atoms with van der Waals surface area (Å²) in [7, 11) is -4.74. The predicted molar refractivity (Wildman–Crippen MR) is 67.7 cm³/mol. The first-order valence-electron chi connectivity index (χ1n) is 5.14. The van der Waals surface area contributed by atoms with Gasteiger partial charge < -0.3 is 5.11 Å². The number of hydrogen-bond acceptors (Lipinski definition) is 4. The van der Waals surface area contributed by atoms with Gasteiger partial charge in [-0.3, -0.25) is 9.00 Å². The molecular weight excluding hydrogens is 276 g/mol. The molecule has 1 aromatic carbocycles. The normalized spacial score (nSPS) is 15.0. The summed E-state index contributed by atoms with van der Waals surface area (Å²) >= 11 is 0. The Kier molecular flexibility index (Phi) is 4.64. The van der Waals surface area contributed by atoms with E-state index in [1.807, 2.05) is 0 Å². The summed E-state index contributed by atoms with van der Waals surface area (Å²) in [5.41, 5.74) is 0. The van der Waals surface area contributed by atoms with E-state index in [0.717, 1.165) is 6.26 Å². The number of carbonyl (C=O) groups is 1. The highest BCUT2D eigenvalue weighted by atomic mass is 32.2. The minimum absolute atomic E-state index is 0.147. The van der Waals surface area contributed by atoms with Crippen LogP contribution in [0.4, 0.5) is 0 Å². The van der Waals surface area contributed by atoms with Crippen molar-refractivity contribution in [2.75, 3.05) is 6.26 Å². The van der Waals surface area contributed by atoms with Crippen molar-refractivity contribution in [1.29, 1.82) is 0 Å². The molecule has 1 rings (SSSR count). The van der Waals surface area contributed by atoms with Crippen LogP contribution in [0.3, 0.4) is 0 Å². The number of sulfone groups is 1. The topological polar surface area (TPSA) is 88.5 Å². The second kappa shape index (κ2) is 5.62. The van der Waals surface area contributed by atoms with Crippen LogP contribution < -0.4 is 0 Å². The first-order chi connectivity index (χ1) is 8.21. The van der Waals surface area contributed by atoms with Gasteiger partial charge in [-0.2, -0.15) is 0 Å². The van der Waals surface area contributed by atoms with Crippen LogP contribution in [0, 0.1) is 0 Å². The van der Waals surface area contributed by atoms with Crippen LogP contribution in [0.5, 0.6) is 0 Å². The molecule has 0 bridgehead atoms. The maximum absolute atomic E-state index is 11.9. The zero-order valence-electron chi connectivity index (χ0n) is 9.99. The largest absolute Gasteiger partial charge is 0.481 e. The van der Waals surface area contributed by atoms with Crippen molar-refractivity contribution >= 4 is 26.6 Å². The molecule has 18 heavy (non-hydrogen) atoms. The van der Waals surface area contributed by atoms with Crippen molar-refractivity contribution in [3.05, 3.63) is 24.3 Å². The first-order valence-corrected chi connectivity index (χ1v) is 8.24. The number of hydrogen-bond donors (Lipinski definition) is 1. The molecule has 0 aromatic heterocycles. The van der Waals surface area contributed by atoms with Crippen molar-refractivity contribution in [3.63, 3.8) is 0 Å². The minimum Gasteiger partial charge on any atom is -0.481 e. The number of aliphatic carboxylic acids is 1. The average molecular weight is 290 g/mol. The smallest absolute Gasteiger partial charge is 0.304 e. The van der Waals surface area contributed by atoms with Crippen molar-refractivity contribution < 1.29 is 22.5 Å². The summed E-state index contributed by atoms with van der Waals surface area (Å²) in [5, 5.41) is 8.10. The fourth-order valence-corrected chi connectivity index (χ4v) is 3.17. The molecule has 0 radical (unpaired) electrons.